The Morgan fingerprint density at radius 3 is 1.86 bits per heavy atom. The Morgan fingerprint density at radius 2 is 1.39 bits per heavy atom. The first-order chi connectivity index (χ1) is 16.6. The average molecular weight is 497 g/mol. The Bertz CT molecular complexity index is 1220. The highest BCUT2D eigenvalue weighted by Gasteiger charge is 2.41. The van der Waals surface area contributed by atoms with E-state index < -0.39 is 34.0 Å². The number of ether oxygens (including phenoxy) is 2. The van der Waals surface area contributed by atoms with Crippen LogP contribution in [0.4, 0.5) is 5.69 Å². The number of nitrogens with one attached hydrogen (secondary N) is 1. The van der Waals surface area contributed by atoms with Crippen LogP contribution >= 0.6 is 0 Å². The number of benzene rings is 1. The number of hydrogen-bond donors (Lipinski definition) is 1. The summed E-state index contributed by atoms with van der Waals surface area (Å²) in [6.07, 6.45) is 0. The van der Waals surface area contributed by atoms with Gasteiger partial charge in [0.15, 0.2) is 0 Å². The first kappa shape index (κ1) is 26.7. The van der Waals surface area contributed by atoms with Gasteiger partial charge in [0.05, 0.1) is 27.6 Å². The minimum absolute atomic E-state index is 0.123. The Hall–Kier alpha value is -3.88. The fourth-order valence-corrected chi connectivity index (χ4v) is 3.98. The first-order valence-corrected chi connectivity index (χ1v) is 11.6. The fourth-order valence-electron chi connectivity index (χ4n) is 3.98. The third kappa shape index (κ3) is 5.84. The third-order valence-electron chi connectivity index (χ3n) is 5.28. The van der Waals surface area contributed by atoms with Crippen molar-refractivity contribution in [2.24, 2.45) is 0 Å². The SMILES string of the molecule is CC1=C(C(=O)OC(C)(C)C)C(c2ccc(-c3ccccc3[N+](=O)[O-])o2)C(C(=O)OC(C)(C)C)=C(C)N1. The summed E-state index contributed by atoms with van der Waals surface area (Å²) in [4.78, 5) is 37.8. The maximum absolute atomic E-state index is 13.4. The van der Waals surface area contributed by atoms with E-state index in [9.17, 15) is 19.7 Å². The molecule has 0 aliphatic carbocycles. The van der Waals surface area contributed by atoms with Crippen molar-refractivity contribution in [2.75, 3.05) is 0 Å². The number of nitrogens with zero attached hydrogens (tertiary/aromatic N) is 1. The summed E-state index contributed by atoms with van der Waals surface area (Å²) < 4.78 is 17.4. The number of allylic oxidation sites excluding steroid dienone is 2. The molecule has 0 bridgehead atoms. The van der Waals surface area contributed by atoms with Crippen LogP contribution in [0.1, 0.15) is 67.1 Å². The van der Waals surface area contributed by atoms with Crippen LogP contribution in [0, 0.1) is 10.1 Å². The molecule has 1 aliphatic heterocycles. The van der Waals surface area contributed by atoms with Gasteiger partial charge in [-0.3, -0.25) is 10.1 Å². The smallest absolute Gasteiger partial charge is 0.337 e. The van der Waals surface area contributed by atoms with Crippen molar-refractivity contribution in [1.29, 1.82) is 0 Å². The Balaban J connectivity index is 2.19. The van der Waals surface area contributed by atoms with Crippen LogP contribution in [-0.4, -0.2) is 28.1 Å². The Morgan fingerprint density at radius 1 is 0.889 bits per heavy atom. The van der Waals surface area contributed by atoms with Gasteiger partial charge in [-0.2, -0.15) is 0 Å². The quantitative estimate of drug-likeness (QED) is 0.314. The normalized spacial score (nSPS) is 15.0. The average Bonchev–Trinajstić information content (AvgIpc) is 3.20. The van der Waals surface area contributed by atoms with Gasteiger partial charge < -0.3 is 19.2 Å². The molecule has 9 heteroatoms. The van der Waals surface area contributed by atoms with E-state index in [1.807, 2.05) is 0 Å². The number of nitro benzene ring substituents is 1. The first-order valence-electron chi connectivity index (χ1n) is 11.6. The molecular weight excluding hydrogens is 464 g/mol. The van der Waals surface area contributed by atoms with E-state index in [-0.39, 0.29) is 33.9 Å². The lowest BCUT2D eigenvalue weighted by molar-refractivity contribution is -0.384. The van der Waals surface area contributed by atoms with Crippen molar-refractivity contribution in [3.63, 3.8) is 0 Å². The van der Waals surface area contributed by atoms with Crippen molar-refractivity contribution in [2.45, 2.75) is 72.5 Å². The Labute approximate surface area is 210 Å². The van der Waals surface area contributed by atoms with Gasteiger partial charge in [0.1, 0.15) is 22.7 Å². The van der Waals surface area contributed by atoms with Gasteiger partial charge >= 0.3 is 11.9 Å². The summed E-state index contributed by atoms with van der Waals surface area (Å²) in [5, 5.41) is 14.7. The van der Waals surface area contributed by atoms with Crippen molar-refractivity contribution < 1.29 is 28.4 Å². The number of para-hydroxylation sites is 1. The van der Waals surface area contributed by atoms with Crippen molar-refractivity contribution >= 4 is 17.6 Å². The molecular formula is C27H32N2O7. The zero-order valence-electron chi connectivity index (χ0n) is 21.8. The number of rotatable bonds is 5. The molecule has 3 rings (SSSR count). The van der Waals surface area contributed by atoms with E-state index >= 15 is 0 Å². The largest absolute Gasteiger partial charge is 0.460 e. The van der Waals surface area contributed by atoms with Crippen LogP contribution in [-0.2, 0) is 19.1 Å². The van der Waals surface area contributed by atoms with Crippen LogP contribution in [0.25, 0.3) is 11.3 Å². The van der Waals surface area contributed by atoms with E-state index in [0.717, 1.165) is 0 Å². The predicted molar refractivity (Wildman–Crippen MR) is 134 cm³/mol. The van der Waals surface area contributed by atoms with E-state index in [2.05, 4.69) is 5.32 Å². The molecule has 0 fully saturated rings. The van der Waals surface area contributed by atoms with Crippen LogP contribution in [0.15, 0.2) is 63.4 Å². The lowest BCUT2D eigenvalue weighted by Crippen LogP contribution is -2.36. The van der Waals surface area contributed by atoms with Crippen LogP contribution < -0.4 is 5.32 Å². The lowest BCUT2D eigenvalue weighted by atomic mass is 9.83. The highest BCUT2D eigenvalue weighted by molar-refractivity contribution is 6.00. The number of furan rings is 1. The molecule has 0 radical (unpaired) electrons. The summed E-state index contributed by atoms with van der Waals surface area (Å²) in [5.41, 5.74) is -0.0134. The van der Waals surface area contributed by atoms with Crippen LogP contribution in [0.2, 0.25) is 0 Å². The van der Waals surface area contributed by atoms with E-state index in [1.165, 1.54) is 6.07 Å². The van der Waals surface area contributed by atoms with E-state index in [1.54, 1.807) is 85.7 Å². The summed E-state index contributed by atoms with van der Waals surface area (Å²) in [5.74, 6) is -1.69. The number of hydrogen-bond acceptors (Lipinski definition) is 8. The molecule has 1 aromatic heterocycles. The monoisotopic (exact) mass is 496 g/mol. The maximum Gasteiger partial charge on any atom is 0.337 e. The minimum atomic E-state index is -0.951. The molecule has 36 heavy (non-hydrogen) atoms. The standard InChI is InChI=1S/C27H32N2O7/c1-15-21(24(30)35-26(3,4)5)23(22(16(2)28-15)25(31)36-27(6,7)8)20-14-13-19(34-20)17-11-9-10-12-18(17)29(32)33/h9-14,23,28H,1-8H3. The molecule has 192 valence electrons. The van der Waals surface area contributed by atoms with Gasteiger partial charge in [-0.25, -0.2) is 9.59 Å². The number of nitro groups is 1. The summed E-state index contributed by atoms with van der Waals surface area (Å²) in [6.45, 7) is 13.9. The molecule has 0 spiro atoms. The molecule has 0 atom stereocenters. The number of esters is 2. The van der Waals surface area contributed by atoms with Crippen LogP contribution in [0.5, 0.6) is 0 Å². The van der Waals surface area contributed by atoms with Gasteiger partial charge in [0, 0.05) is 17.5 Å². The summed E-state index contributed by atoms with van der Waals surface area (Å²) >= 11 is 0. The molecule has 1 aliphatic rings. The highest BCUT2D eigenvalue weighted by Crippen LogP contribution is 2.42. The molecule has 2 heterocycles. The Kier molecular flexibility index (Phi) is 7.15. The summed E-state index contributed by atoms with van der Waals surface area (Å²) in [6, 6.07) is 9.39. The maximum atomic E-state index is 13.4. The van der Waals surface area contributed by atoms with E-state index in [4.69, 9.17) is 13.9 Å². The molecule has 2 aromatic rings. The minimum Gasteiger partial charge on any atom is -0.460 e. The van der Waals surface area contributed by atoms with Crippen LogP contribution in [0.3, 0.4) is 0 Å². The second kappa shape index (κ2) is 9.64. The number of carbonyl (C=O) groups is 2. The number of dihydropyridines is 1. The molecule has 1 aromatic carbocycles. The van der Waals surface area contributed by atoms with Gasteiger partial charge in [0.2, 0.25) is 0 Å². The molecule has 0 saturated carbocycles. The fraction of sp³-hybridized carbons (Fsp3) is 0.407. The molecule has 0 unspecified atom stereocenters. The third-order valence-corrected chi connectivity index (χ3v) is 5.28. The van der Waals surface area contributed by atoms with Crippen molar-refractivity contribution in [1.82, 2.24) is 5.32 Å². The topological polar surface area (TPSA) is 121 Å². The van der Waals surface area contributed by atoms with Gasteiger partial charge in [-0.05, 0) is 73.6 Å². The number of carbonyl (C=O) groups excluding carboxylic acids is 2. The molecule has 0 saturated heterocycles. The lowest BCUT2D eigenvalue weighted by Gasteiger charge is -2.32. The molecule has 0 amide bonds. The predicted octanol–water partition coefficient (Wildman–Crippen LogP) is 5.77. The molecule has 1 N–H and O–H groups in total. The second-order valence-corrected chi connectivity index (χ2v) is 10.6. The van der Waals surface area contributed by atoms with Crippen molar-refractivity contribution in [3.05, 3.63) is 74.8 Å². The van der Waals surface area contributed by atoms with Gasteiger partial charge in [-0.15, -0.1) is 0 Å². The zero-order chi connectivity index (χ0) is 27.0. The summed E-state index contributed by atoms with van der Waals surface area (Å²) in [7, 11) is 0. The highest BCUT2D eigenvalue weighted by atomic mass is 16.6. The van der Waals surface area contributed by atoms with E-state index in [0.29, 0.717) is 11.4 Å². The van der Waals surface area contributed by atoms with Gasteiger partial charge in [0.25, 0.3) is 5.69 Å². The molecule has 9 nitrogen and oxygen atoms in total. The second-order valence-electron chi connectivity index (χ2n) is 10.6. The zero-order valence-corrected chi connectivity index (χ0v) is 21.8. The van der Waals surface area contributed by atoms with Gasteiger partial charge in [-0.1, -0.05) is 12.1 Å². The van der Waals surface area contributed by atoms with Crippen molar-refractivity contribution in [3.8, 4) is 11.3 Å².